The average Bonchev–Trinajstić information content (AvgIpc) is 2.58. The molecule has 0 N–H and O–H groups in total. The Morgan fingerprint density at radius 2 is 2.33 bits per heavy atom. The van der Waals surface area contributed by atoms with Crippen molar-refractivity contribution in [1.82, 2.24) is 19.7 Å². The van der Waals surface area contributed by atoms with Gasteiger partial charge in [-0.3, -0.25) is 0 Å². The van der Waals surface area contributed by atoms with Gasteiger partial charge in [0.2, 0.25) is 6.33 Å². The molecule has 0 bridgehead atoms. The molecule has 0 amide bonds. The highest BCUT2D eigenvalue weighted by molar-refractivity contribution is 6.30. The van der Waals surface area contributed by atoms with E-state index in [0.717, 1.165) is 0 Å². The lowest BCUT2D eigenvalue weighted by Crippen LogP contribution is -1.96. The highest BCUT2D eigenvalue weighted by Gasteiger charge is 1.96. The van der Waals surface area contributed by atoms with Crippen molar-refractivity contribution in [1.29, 1.82) is 0 Å². The van der Waals surface area contributed by atoms with E-state index in [1.54, 1.807) is 18.3 Å². The van der Waals surface area contributed by atoms with Gasteiger partial charge in [-0.05, 0) is 12.1 Å². The molecule has 0 aromatic carbocycles. The van der Waals surface area contributed by atoms with Crippen molar-refractivity contribution >= 4 is 11.6 Å². The van der Waals surface area contributed by atoms with Crippen LogP contribution in [0, 0.1) is 6.33 Å². The fraction of sp³-hybridized carbons (Fsp3) is 0. The van der Waals surface area contributed by atoms with Gasteiger partial charge in [0, 0.05) is 6.20 Å². The van der Waals surface area contributed by atoms with Crippen molar-refractivity contribution in [2.24, 2.45) is 0 Å². The van der Waals surface area contributed by atoms with Crippen LogP contribution >= 0.6 is 11.6 Å². The Bertz CT molecular complexity index is 353. The Balaban J connectivity index is 2.43. The molecule has 2 heterocycles. The molecule has 0 aliphatic rings. The molecule has 0 aliphatic carbocycles. The van der Waals surface area contributed by atoms with Crippen molar-refractivity contribution < 1.29 is 0 Å². The molecule has 0 fully saturated rings. The van der Waals surface area contributed by atoms with Gasteiger partial charge in [-0.25, -0.2) is 14.6 Å². The van der Waals surface area contributed by atoms with E-state index in [4.69, 9.17) is 11.6 Å². The molecule has 0 saturated heterocycles. The van der Waals surface area contributed by atoms with Crippen LogP contribution in [0.25, 0.3) is 5.82 Å². The predicted octanol–water partition coefficient (Wildman–Crippen LogP) is 1.12. The van der Waals surface area contributed by atoms with Crippen molar-refractivity contribution in [3.63, 3.8) is 0 Å². The summed E-state index contributed by atoms with van der Waals surface area (Å²) in [5.74, 6) is 0.674. The lowest BCUT2D eigenvalue weighted by Gasteiger charge is -1.96. The zero-order valence-corrected chi connectivity index (χ0v) is 6.73. The molecule has 12 heavy (non-hydrogen) atoms. The first-order chi connectivity index (χ1) is 5.86. The molecule has 2 aromatic heterocycles. The molecule has 1 radical (unpaired) electrons. The van der Waals surface area contributed by atoms with Crippen LogP contribution in [0.5, 0.6) is 0 Å². The van der Waals surface area contributed by atoms with Crippen molar-refractivity contribution in [3.05, 3.63) is 36.0 Å². The van der Waals surface area contributed by atoms with Crippen molar-refractivity contribution in [3.8, 4) is 5.82 Å². The normalized spacial score (nSPS) is 10.1. The van der Waals surface area contributed by atoms with E-state index < -0.39 is 0 Å². The van der Waals surface area contributed by atoms with Crippen molar-refractivity contribution in [2.45, 2.75) is 0 Å². The molecular formula is C7H4ClN4. The number of aromatic nitrogens is 4. The highest BCUT2D eigenvalue weighted by atomic mass is 35.5. The fourth-order valence-corrected chi connectivity index (χ4v) is 0.906. The van der Waals surface area contributed by atoms with E-state index in [9.17, 15) is 0 Å². The van der Waals surface area contributed by atoms with E-state index >= 15 is 0 Å². The molecule has 0 aliphatic heterocycles. The standard InChI is InChI=1S/C7H4ClN4/c8-6-1-2-7(10-3-6)12-5-9-4-11-12/h1-3,5H. The predicted molar refractivity (Wildman–Crippen MR) is 43.0 cm³/mol. The molecule has 4 nitrogen and oxygen atoms in total. The van der Waals surface area contributed by atoms with Gasteiger partial charge in [-0.15, -0.1) is 5.10 Å². The van der Waals surface area contributed by atoms with E-state index in [-0.39, 0.29) is 0 Å². The van der Waals surface area contributed by atoms with Gasteiger partial charge in [0.05, 0.1) is 5.02 Å². The van der Waals surface area contributed by atoms with Gasteiger partial charge in [0.25, 0.3) is 0 Å². The maximum atomic E-state index is 5.66. The summed E-state index contributed by atoms with van der Waals surface area (Å²) in [5.41, 5.74) is 0. The summed E-state index contributed by atoms with van der Waals surface area (Å²) in [5, 5.41) is 4.39. The van der Waals surface area contributed by atoms with Crippen LogP contribution in [0.1, 0.15) is 0 Å². The molecule has 5 heteroatoms. The summed E-state index contributed by atoms with van der Waals surface area (Å²) in [4.78, 5) is 7.70. The third-order valence-electron chi connectivity index (χ3n) is 1.32. The van der Waals surface area contributed by atoms with Gasteiger partial charge in [0.15, 0.2) is 5.82 Å². The van der Waals surface area contributed by atoms with Crippen LogP contribution in [0.2, 0.25) is 5.02 Å². The first-order valence-electron chi connectivity index (χ1n) is 3.26. The lowest BCUT2D eigenvalue weighted by molar-refractivity contribution is 0.843. The highest BCUT2D eigenvalue weighted by Crippen LogP contribution is 2.07. The first kappa shape index (κ1) is 7.24. The molecule has 0 unspecified atom stereocenters. The maximum Gasteiger partial charge on any atom is 0.221 e. The molecule has 2 rings (SSSR count). The molecule has 2 aromatic rings. The minimum Gasteiger partial charge on any atom is -0.236 e. The van der Waals surface area contributed by atoms with Crippen LogP contribution < -0.4 is 0 Å². The van der Waals surface area contributed by atoms with Crippen molar-refractivity contribution in [2.75, 3.05) is 0 Å². The van der Waals surface area contributed by atoms with Gasteiger partial charge < -0.3 is 0 Å². The second-order valence-electron chi connectivity index (χ2n) is 2.12. The largest absolute Gasteiger partial charge is 0.236 e. The summed E-state index contributed by atoms with van der Waals surface area (Å²) >= 11 is 5.66. The Labute approximate surface area is 73.8 Å². The third kappa shape index (κ3) is 1.29. The number of nitrogens with zero attached hydrogens (tertiary/aromatic N) is 4. The topological polar surface area (TPSA) is 43.6 Å². The molecular weight excluding hydrogens is 176 g/mol. The molecule has 59 valence electrons. The summed E-state index contributed by atoms with van der Waals surface area (Å²) < 4.78 is 1.51. The number of hydrogen-bond acceptors (Lipinski definition) is 3. The molecule has 0 spiro atoms. The van der Waals surface area contributed by atoms with E-state index in [1.807, 2.05) is 0 Å². The molecule has 0 atom stereocenters. The second-order valence-corrected chi connectivity index (χ2v) is 2.56. The summed E-state index contributed by atoms with van der Waals surface area (Å²) in [7, 11) is 0. The van der Waals surface area contributed by atoms with Crippen LogP contribution in [0.3, 0.4) is 0 Å². The monoisotopic (exact) mass is 179 g/mol. The zero-order chi connectivity index (χ0) is 8.39. The average molecular weight is 180 g/mol. The smallest absolute Gasteiger partial charge is 0.221 e. The van der Waals surface area contributed by atoms with Crippen LogP contribution in [0.4, 0.5) is 0 Å². The van der Waals surface area contributed by atoms with E-state index in [1.165, 1.54) is 11.0 Å². The zero-order valence-electron chi connectivity index (χ0n) is 5.98. The fourth-order valence-electron chi connectivity index (χ4n) is 0.794. The van der Waals surface area contributed by atoms with E-state index in [2.05, 4.69) is 21.4 Å². The molecule has 0 saturated carbocycles. The Kier molecular flexibility index (Phi) is 1.75. The summed E-state index contributed by atoms with van der Waals surface area (Å²) in [6.07, 6.45) is 5.51. The van der Waals surface area contributed by atoms with Gasteiger partial charge in [-0.1, -0.05) is 11.6 Å². The maximum absolute atomic E-state index is 5.66. The van der Waals surface area contributed by atoms with Gasteiger partial charge in [0.1, 0.15) is 6.33 Å². The van der Waals surface area contributed by atoms with Gasteiger partial charge in [-0.2, -0.15) is 0 Å². The number of pyridine rings is 1. The quantitative estimate of drug-likeness (QED) is 0.659. The summed E-state index contributed by atoms with van der Waals surface area (Å²) in [6.45, 7) is 0. The van der Waals surface area contributed by atoms with E-state index in [0.29, 0.717) is 10.8 Å². The third-order valence-corrected chi connectivity index (χ3v) is 1.55. The Morgan fingerprint density at radius 3 is 2.92 bits per heavy atom. The minimum absolute atomic E-state index is 0.600. The van der Waals surface area contributed by atoms with Crippen LogP contribution in [-0.4, -0.2) is 19.7 Å². The number of rotatable bonds is 1. The Hall–Kier alpha value is -1.42. The van der Waals surface area contributed by atoms with Crippen LogP contribution in [0.15, 0.2) is 24.7 Å². The Morgan fingerprint density at radius 1 is 1.42 bits per heavy atom. The SMILES string of the molecule is Clc1ccc(-n2cn[c]n2)nc1. The number of hydrogen-bond donors (Lipinski definition) is 0. The van der Waals surface area contributed by atoms with Crippen LogP contribution in [-0.2, 0) is 0 Å². The second kappa shape index (κ2) is 2.91. The summed E-state index contributed by atoms with van der Waals surface area (Å²) in [6, 6.07) is 3.50. The minimum atomic E-state index is 0.600. The van der Waals surface area contributed by atoms with Gasteiger partial charge >= 0.3 is 0 Å². The first-order valence-corrected chi connectivity index (χ1v) is 3.64. The lowest BCUT2D eigenvalue weighted by atomic mass is 10.5. The number of halogens is 1.